The van der Waals surface area contributed by atoms with Crippen molar-refractivity contribution < 1.29 is 9.53 Å². The molecule has 1 aliphatic rings. The molecule has 5 nitrogen and oxygen atoms in total. The lowest BCUT2D eigenvalue weighted by Crippen LogP contribution is -1.98. The van der Waals surface area contributed by atoms with Crippen molar-refractivity contribution in [3.8, 4) is 0 Å². The van der Waals surface area contributed by atoms with E-state index in [0.29, 0.717) is 18.4 Å². The molecule has 2 atom stereocenters. The van der Waals surface area contributed by atoms with Crippen LogP contribution in [0.4, 0.5) is 0 Å². The average Bonchev–Trinajstić information content (AvgIpc) is 2.90. The predicted molar refractivity (Wildman–Crippen MR) is 57.6 cm³/mol. The van der Waals surface area contributed by atoms with E-state index in [4.69, 9.17) is 4.74 Å². The van der Waals surface area contributed by atoms with E-state index in [9.17, 15) is 4.79 Å². The highest BCUT2D eigenvalue weighted by Crippen LogP contribution is 2.47. The van der Waals surface area contributed by atoms with Crippen LogP contribution in [0.15, 0.2) is 18.3 Å². The summed E-state index contributed by atoms with van der Waals surface area (Å²) in [5, 5.41) is 7.94. The van der Waals surface area contributed by atoms with Crippen LogP contribution in [0.3, 0.4) is 0 Å². The van der Waals surface area contributed by atoms with Crippen LogP contribution < -0.4 is 0 Å². The number of rotatable bonds is 4. The highest BCUT2D eigenvalue weighted by atomic mass is 16.5. The number of ether oxygens (including phenoxy) is 1. The molecule has 0 saturated heterocycles. The summed E-state index contributed by atoms with van der Waals surface area (Å²) < 4.78 is 6.50. The van der Waals surface area contributed by atoms with Crippen LogP contribution in [0.25, 0.3) is 0 Å². The van der Waals surface area contributed by atoms with E-state index < -0.39 is 0 Å². The molecular formula is C11H15N3O2. The topological polar surface area (TPSA) is 57.0 Å². The molecule has 2 unspecified atom stereocenters. The van der Waals surface area contributed by atoms with Crippen molar-refractivity contribution in [3.05, 3.63) is 24.0 Å². The van der Waals surface area contributed by atoms with E-state index in [1.807, 2.05) is 19.3 Å². The third kappa shape index (κ3) is 2.48. The molecule has 1 saturated carbocycles. The van der Waals surface area contributed by atoms with Crippen molar-refractivity contribution in [2.75, 3.05) is 6.61 Å². The van der Waals surface area contributed by atoms with Crippen molar-refractivity contribution in [3.63, 3.8) is 0 Å². The van der Waals surface area contributed by atoms with Crippen LogP contribution >= 0.6 is 0 Å². The summed E-state index contributed by atoms with van der Waals surface area (Å²) in [5.74, 6) is 0.549. The Labute approximate surface area is 94.1 Å². The summed E-state index contributed by atoms with van der Waals surface area (Å²) in [6.07, 6.45) is 6.36. The Morgan fingerprint density at radius 3 is 3.19 bits per heavy atom. The minimum Gasteiger partial charge on any atom is -0.463 e. The first kappa shape index (κ1) is 10.9. The molecule has 2 rings (SSSR count). The second-order valence-electron chi connectivity index (χ2n) is 3.93. The Bertz CT molecular complexity index is 411. The van der Waals surface area contributed by atoms with E-state index in [0.717, 1.165) is 12.1 Å². The van der Waals surface area contributed by atoms with Gasteiger partial charge in [-0.25, -0.2) is 4.79 Å². The van der Waals surface area contributed by atoms with Gasteiger partial charge in [-0.1, -0.05) is 11.3 Å². The number of aryl methyl sites for hydroxylation is 1. The molecule has 0 radical (unpaired) electrons. The van der Waals surface area contributed by atoms with Gasteiger partial charge in [0.25, 0.3) is 0 Å². The lowest BCUT2D eigenvalue weighted by Gasteiger charge is -1.93. The van der Waals surface area contributed by atoms with Gasteiger partial charge < -0.3 is 4.74 Å². The fourth-order valence-corrected chi connectivity index (χ4v) is 1.70. The van der Waals surface area contributed by atoms with E-state index in [2.05, 4.69) is 10.3 Å². The molecule has 1 aromatic rings. The number of nitrogens with zero attached hydrogens (tertiary/aromatic N) is 3. The van der Waals surface area contributed by atoms with Crippen molar-refractivity contribution in [2.24, 2.45) is 13.0 Å². The Balaban J connectivity index is 1.85. The van der Waals surface area contributed by atoms with Gasteiger partial charge in [0.1, 0.15) is 0 Å². The van der Waals surface area contributed by atoms with Crippen molar-refractivity contribution in [1.82, 2.24) is 15.0 Å². The van der Waals surface area contributed by atoms with Crippen LogP contribution in [0.2, 0.25) is 0 Å². The quantitative estimate of drug-likeness (QED) is 0.563. The molecule has 86 valence electrons. The first-order chi connectivity index (χ1) is 7.70. The molecule has 0 aromatic carbocycles. The lowest BCUT2D eigenvalue weighted by molar-refractivity contribution is -0.137. The highest BCUT2D eigenvalue weighted by Gasteiger charge is 2.38. The van der Waals surface area contributed by atoms with Gasteiger partial charge in [-0.3, -0.25) is 4.68 Å². The molecule has 5 heteroatoms. The monoisotopic (exact) mass is 221 g/mol. The largest absolute Gasteiger partial charge is 0.463 e. The smallest absolute Gasteiger partial charge is 0.330 e. The maximum absolute atomic E-state index is 11.1. The van der Waals surface area contributed by atoms with Gasteiger partial charge in [-0.2, -0.15) is 0 Å². The fraction of sp³-hybridized carbons (Fsp3) is 0.545. The molecule has 1 heterocycles. The zero-order chi connectivity index (χ0) is 11.5. The van der Waals surface area contributed by atoms with Crippen LogP contribution in [-0.2, 0) is 16.6 Å². The number of carbonyl (C=O) groups excluding carboxylic acids is 1. The van der Waals surface area contributed by atoms with Crippen molar-refractivity contribution in [1.29, 1.82) is 0 Å². The maximum Gasteiger partial charge on any atom is 0.330 e. The molecule has 1 aliphatic carbocycles. The molecule has 0 bridgehead atoms. The Morgan fingerprint density at radius 1 is 1.75 bits per heavy atom. The fourth-order valence-electron chi connectivity index (χ4n) is 1.70. The zero-order valence-electron chi connectivity index (χ0n) is 9.46. The summed E-state index contributed by atoms with van der Waals surface area (Å²) >= 11 is 0. The SMILES string of the molecule is CCOC(=O)/C=C/C1CC1c1cn(C)nn1. The zero-order valence-corrected chi connectivity index (χ0v) is 9.46. The highest BCUT2D eigenvalue weighted by molar-refractivity contribution is 5.82. The lowest BCUT2D eigenvalue weighted by atomic mass is 10.2. The summed E-state index contributed by atoms with van der Waals surface area (Å²) in [6, 6.07) is 0. The van der Waals surface area contributed by atoms with Crippen LogP contribution in [0, 0.1) is 5.92 Å². The van der Waals surface area contributed by atoms with Crippen LogP contribution in [-0.4, -0.2) is 27.6 Å². The van der Waals surface area contributed by atoms with Crippen LogP contribution in [0.1, 0.15) is 25.0 Å². The number of allylic oxidation sites excluding steroid dienone is 1. The number of aromatic nitrogens is 3. The normalized spacial score (nSPS) is 23.6. The molecule has 0 spiro atoms. The van der Waals surface area contributed by atoms with Gasteiger partial charge in [0.15, 0.2) is 0 Å². The minimum atomic E-state index is -0.271. The van der Waals surface area contributed by atoms with E-state index in [1.54, 1.807) is 11.6 Å². The van der Waals surface area contributed by atoms with Gasteiger partial charge in [0.2, 0.25) is 0 Å². The predicted octanol–water partition coefficient (Wildman–Crippen LogP) is 1.04. The van der Waals surface area contributed by atoms with Gasteiger partial charge in [0.05, 0.1) is 12.3 Å². The first-order valence-corrected chi connectivity index (χ1v) is 5.42. The number of esters is 1. The van der Waals surface area contributed by atoms with Crippen molar-refractivity contribution >= 4 is 5.97 Å². The van der Waals surface area contributed by atoms with Gasteiger partial charge in [-0.05, 0) is 19.3 Å². The van der Waals surface area contributed by atoms with E-state index >= 15 is 0 Å². The Kier molecular flexibility index (Phi) is 3.03. The van der Waals surface area contributed by atoms with Gasteiger partial charge >= 0.3 is 5.97 Å². The Morgan fingerprint density at radius 2 is 2.56 bits per heavy atom. The van der Waals surface area contributed by atoms with Crippen LogP contribution in [0.5, 0.6) is 0 Å². The number of carbonyl (C=O) groups is 1. The van der Waals surface area contributed by atoms with Crippen molar-refractivity contribution in [2.45, 2.75) is 19.3 Å². The third-order valence-corrected chi connectivity index (χ3v) is 2.61. The number of hydrogen-bond donors (Lipinski definition) is 0. The standard InChI is InChI=1S/C11H15N3O2/c1-3-16-11(15)5-4-8-6-9(8)10-7-14(2)13-12-10/h4-5,7-9H,3,6H2,1-2H3/b5-4+. The van der Waals surface area contributed by atoms with Gasteiger partial charge in [0, 0.05) is 25.2 Å². The molecule has 0 amide bonds. The summed E-state index contributed by atoms with van der Waals surface area (Å²) in [6.45, 7) is 2.21. The third-order valence-electron chi connectivity index (χ3n) is 2.61. The minimum absolute atomic E-state index is 0.271. The van der Waals surface area contributed by atoms with E-state index in [-0.39, 0.29) is 5.97 Å². The maximum atomic E-state index is 11.1. The Hall–Kier alpha value is -1.65. The molecule has 1 fully saturated rings. The molecule has 1 aromatic heterocycles. The second-order valence-corrected chi connectivity index (χ2v) is 3.93. The van der Waals surface area contributed by atoms with Gasteiger partial charge in [-0.15, -0.1) is 5.10 Å². The van der Waals surface area contributed by atoms with E-state index in [1.165, 1.54) is 6.08 Å². The second kappa shape index (κ2) is 4.47. The first-order valence-electron chi connectivity index (χ1n) is 5.42. The molecular weight excluding hydrogens is 206 g/mol. The number of hydrogen-bond acceptors (Lipinski definition) is 4. The molecule has 0 aliphatic heterocycles. The summed E-state index contributed by atoms with van der Waals surface area (Å²) in [5.41, 5.74) is 1.00. The average molecular weight is 221 g/mol. The molecule has 16 heavy (non-hydrogen) atoms. The summed E-state index contributed by atoms with van der Waals surface area (Å²) in [7, 11) is 1.85. The molecule has 0 N–H and O–H groups in total. The summed E-state index contributed by atoms with van der Waals surface area (Å²) in [4.78, 5) is 11.1.